The molecular weight excluding hydrogens is 487 g/mol. The Morgan fingerprint density at radius 1 is 1.17 bits per heavy atom. The summed E-state index contributed by atoms with van der Waals surface area (Å²) in [6.07, 6.45) is 3.61. The van der Waals surface area contributed by atoms with E-state index in [0.29, 0.717) is 33.8 Å². The minimum Gasteiger partial charge on any atom is -0.373 e. The molecule has 1 saturated carbocycles. The van der Waals surface area contributed by atoms with Gasteiger partial charge < -0.3 is 25.1 Å². The van der Waals surface area contributed by atoms with E-state index in [1.54, 1.807) is 0 Å². The number of nitrogens with zero attached hydrogens (tertiary/aromatic N) is 2. The molecule has 1 aliphatic heterocycles. The number of anilines is 1. The second-order valence-corrected chi connectivity index (χ2v) is 10.2. The summed E-state index contributed by atoms with van der Waals surface area (Å²) in [5.74, 6) is 1.30. The standard InChI is InChI=1S/C26H30Cl2N4O3/c1-15-13-17(7-8-19(15)26(29)30-33)32-11-9-18(10-12-32)34-14-20-24(31-35-25(20)16-5-6-16)23-21(27)3-2-4-22(23)28/h2-4,7-8,13,16,18,26,30,33H,5-6,9-12,14,29H2,1H3. The van der Waals surface area contributed by atoms with Crippen molar-refractivity contribution >= 4 is 28.9 Å². The van der Waals surface area contributed by atoms with E-state index in [4.69, 9.17) is 43.4 Å². The average molecular weight is 517 g/mol. The number of halogens is 2. The molecule has 0 amide bonds. The van der Waals surface area contributed by atoms with Gasteiger partial charge in [-0.05, 0) is 68.0 Å². The van der Waals surface area contributed by atoms with Gasteiger partial charge in [0.05, 0.1) is 22.8 Å². The Morgan fingerprint density at radius 2 is 1.89 bits per heavy atom. The van der Waals surface area contributed by atoms with Crippen LogP contribution < -0.4 is 16.1 Å². The quantitative estimate of drug-likeness (QED) is 0.251. The van der Waals surface area contributed by atoms with E-state index in [2.05, 4.69) is 27.7 Å². The third kappa shape index (κ3) is 5.21. The predicted octanol–water partition coefficient (Wildman–Crippen LogP) is 5.96. The van der Waals surface area contributed by atoms with Gasteiger partial charge in [-0.2, -0.15) is 5.48 Å². The van der Waals surface area contributed by atoms with Gasteiger partial charge in [0.25, 0.3) is 0 Å². The van der Waals surface area contributed by atoms with Crippen LogP contribution in [0.5, 0.6) is 0 Å². The van der Waals surface area contributed by atoms with Crippen LogP contribution in [-0.2, 0) is 11.3 Å². The highest BCUT2D eigenvalue weighted by molar-refractivity contribution is 6.39. The highest BCUT2D eigenvalue weighted by Gasteiger charge is 2.34. The highest BCUT2D eigenvalue weighted by Crippen LogP contribution is 2.46. The fourth-order valence-corrected chi connectivity index (χ4v) is 5.38. The summed E-state index contributed by atoms with van der Waals surface area (Å²) < 4.78 is 12.2. The van der Waals surface area contributed by atoms with Gasteiger partial charge in [-0.15, -0.1) is 0 Å². The number of aryl methyl sites for hydroxylation is 1. The molecule has 35 heavy (non-hydrogen) atoms. The van der Waals surface area contributed by atoms with Crippen LogP contribution >= 0.6 is 23.2 Å². The van der Waals surface area contributed by atoms with Crippen molar-refractivity contribution in [2.45, 2.75) is 57.4 Å². The molecule has 4 N–H and O–H groups in total. The molecule has 2 aliphatic rings. The molecule has 2 aromatic carbocycles. The van der Waals surface area contributed by atoms with Crippen molar-refractivity contribution in [1.82, 2.24) is 10.6 Å². The number of nitrogens with one attached hydrogen (secondary N) is 1. The summed E-state index contributed by atoms with van der Waals surface area (Å²) in [6.45, 7) is 4.23. The SMILES string of the molecule is Cc1cc(N2CCC(OCc3c(-c4c(Cl)cccc4Cl)noc3C3CC3)CC2)ccc1C(N)NO. The summed E-state index contributed by atoms with van der Waals surface area (Å²) >= 11 is 12.9. The fraction of sp³-hybridized carbons (Fsp3) is 0.423. The molecule has 7 nitrogen and oxygen atoms in total. The Labute approximate surface area is 215 Å². The lowest BCUT2D eigenvalue weighted by atomic mass is 10.0. The molecule has 1 atom stereocenters. The molecule has 5 rings (SSSR count). The lowest BCUT2D eigenvalue weighted by Gasteiger charge is -2.34. The Bertz CT molecular complexity index is 1170. The summed E-state index contributed by atoms with van der Waals surface area (Å²) in [5, 5.41) is 14.6. The highest BCUT2D eigenvalue weighted by atomic mass is 35.5. The van der Waals surface area contributed by atoms with Gasteiger partial charge in [0.2, 0.25) is 0 Å². The van der Waals surface area contributed by atoms with Crippen molar-refractivity contribution in [3.63, 3.8) is 0 Å². The van der Waals surface area contributed by atoms with Crippen molar-refractivity contribution in [3.8, 4) is 11.3 Å². The van der Waals surface area contributed by atoms with Gasteiger partial charge in [0, 0.05) is 35.8 Å². The first kappa shape index (κ1) is 24.6. The van der Waals surface area contributed by atoms with Crippen LogP contribution in [0.4, 0.5) is 5.69 Å². The Balaban J connectivity index is 1.25. The van der Waals surface area contributed by atoms with Gasteiger partial charge in [-0.3, -0.25) is 0 Å². The molecule has 2 fully saturated rings. The predicted molar refractivity (Wildman–Crippen MR) is 137 cm³/mol. The summed E-state index contributed by atoms with van der Waals surface area (Å²) in [7, 11) is 0. The van der Waals surface area contributed by atoms with Gasteiger partial charge in [0.1, 0.15) is 17.6 Å². The van der Waals surface area contributed by atoms with E-state index in [9.17, 15) is 0 Å². The van der Waals surface area contributed by atoms with Crippen molar-refractivity contribution < 1.29 is 14.5 Å². The zero-order valence-electron chi connectivity index (χ0n) is 19.6. The van der Waals surface area contributed by atoms with E-state index in [1.165, 1.54) is 0 Å². The van der Waals surface area contributed by atoms with Crippen LogP contribution in [0.25, 0.3) is 11.3 Å². The molecule has 1 aromatic heterocycles. The Kier molecular flexibility index (Phi) is 7.34. The zero-order valence-corrected chi connectivity index (χ0v) is 21.1. The molecule has 1 unspecified atom stereocenters. The first-order chi connectivity index (χ1) is 17.0. The number of hydroxylamine groups is 1. The average Bonchev–Trinajstić information content (AvgIpc) is 3.62. The molecule has 1 saturated heterocycles. The van der Waals surface area contributed by atoms with Crippen LogP contribution in [0.2, 0.25) is 10.0 Å². The molecule has 0 radical (unpaired) electrons. The third-order valence-corrected chi connectivity index (χ3v) is 7.59. The maximum Gasteiger partial charge on any atom is 0.145 e. The van der Waals surface area contributed by atoms with E-state index in [-0.39, 0.29) is 6.10 Å². The summed E-state index contributed by atoms with van der Waals surface area (Å²) in [6, 6.07) is 11.6. The van der Waals surface area contributed by atoms with Gasteiger partial charge in [-0.1, -0.05) is 40.5 Å². The zero-order chi connectivity index (χ0) is 24.5. The first-order valence-electron chi connectivity index (χ1n) is 12.0. The Morgan fingerprint density at radius 3 is 2.51 bits per heavy atom. The van der Waals surface area contributed by atoms with Crippen LogP contribution in [0.1, 0.15) is 60.2 Å². The second kappa shape index (κ2) is 10.5. The van der Waals surface area contributed by atoms with Crippen LogP contribution in [0.15, 0.2) is 40.9 Å². The summed E-state index contributed by atoms with van der Waals surface area (Å²) in [5.41, 5.74) is 13.4. The number of nitrogens with two attached hydrogens (primary N) is 1. The van der Waals surface area contributed by atoms with Gasteiger partial charge in [-0.25, -0.2) is 0 Å². The minimum atomic E-state index is -0.591. The molecule has 9 heteroatoms. The largest absolute Gasteiger partial charge is 0.373 e. The number of aromatic nitrogens is 1. The molecular formula is C26H30Cl2N4O3. The van der Waals surface area contributed by atoms with Crippen molar-refractivity contribution in [2.75, 3.05) is 18.0 Å². The monoisotopic (exact) mass is 516 g/mol. The van der Waals surface area contributed by atoms with Crippen molar-refractivity contribution in [1.29, 1.82) is 0 Å². The molecule has 3 aromatic rings. The van der Waals surface area contributed by atoms with Crippen LogP contribution in [-0.4, -0.2) is 29.6 Å². The smallest absolute Gasteiger partial charge is 0.145 e. The van der Waals surface area contributed by atoms with E-state index < -0.39 is 6.17 Å². The van der Waals surface area contributed by atoms with Crippen molar-refractivity contribution in [3.05, 3.63) is 68.9 Å². The molecule has 186 valence electrons. The first-order valence-corrected chi connectivity index (χ1v) is 12.8. The number of ether oxygens (including phenoxy) is 1. The number of hydrogen-bond donors (Lipinski definition) is 3. The van der Waals surface area contributed by atoms with E-state index in [1.807, 2.05) is 31.2 Å². The second-order valence-electron chi connectivity index (χ2n) is 9.39. The number of piperidine rings is 1. The Hall–Kier alpha value is -2.13. The molecule has 1 aliphatic carbocycles. The third-order valence-electron chi connectivity index (χ3n) is 6.96. The van der Waals surface area contributed by atoms with Crippen LogP contribution in [0, 0.1) is 6.92 Å². The lowest BCUT2D eigenvalue weighted by molar-refractivity contribution is 0.0246. The van der Waals surface area contributed by atoms with Crippen LogP contribution in [0.3, 0.4) is 0 Å². The lowest BCUT2D eigenvalue weighted by Crippen LogP contribution is -2.37. The van der Waals surface area contributed by atoms with Gasteiger partial charge >= 0.3 is 0 Å². The molecule has 0 bridgehead atoms. The molecule has 0 spiro atoms. The van der Waals surface area contributed by atoms with Gasteiger partial charge in [0.15, 0.2) is 0 Å². The summed E-state index contributed by atoms with van der Waals surface area (Å²) in [4.78, 5) is 2.36. The number of rotatable bonds is 8. The van der Waals surface area contributed by atoms with Crippen molar-refractivity contribution in [2.24, 2.45) is 5.73 Å². The normalized spacial score (nSPS) is 17.7. The van der Waals surface area contributed by atoms with E-state index in [0.717, 1.165) is 66.9 Å². The maximum atomic E-state index is 9.12. The number of hydrogen-bond acceptors (Lipinski definition) is 7. The molecule has 2 heterocycles. The van der Waals surface area contributed by atoms with E-state index >= 15 is 0 Å². The fourth-order valence-electron chi connectivity index (χ4n) is 4.81. The topological polar surface area (TPSA) is 96.8 Å². The number of benzene rings is 2. The maximum absolute atomic E-state index is 9.12. The minimum absolute atomic E-state index is 0.148.